The van der Waals surface area contributed by atoms with Crippen LogP contribution in [0.1, 0.15) is 36.5 Å². The third kappa shape index (κ3) is 2.78. The first kappa shape index (κ1) is 12.2. The highest BCUT2D eigenvalue weighted by Crippen LogP contribution is 2.16. The molecule has 1 aliphatic rings. The van der Waals surface area contributed by atoms with Gasteiger partial charge < -0.3 is 10.3 Å². The molecule has 4 nitrogen and oxygen atoms in total. The highest BCUT2D eigenvalue weighted by atomic mass is 15.3. The zero-order chi connectivity index (χ0) is 13.1. The van der Waals surface area contributed by atoms with E-state index >= 15 is 0 Å². The second-order valence-electron chi connectivity index (χ2n) is 5.24. The number of nitrogens with zero attached hydrogens (tertiary/aromatic N) is 3. The van der Waals surface area contributed by atoms with Crippen LogP contribution in [0.3, 0.4) is 0 Å². The van der Waals surface area contributed by atoms with E-state index in [4.69, 9.17) is 5.73 Å². The van der Waals surface area contributed by atoms with Gasteiger partial charge in [-0.05, 0) is 37.0 Å². The number of nitrogens with two attached hydrogens (primary N) is 1. The van der Waals surface area contributed by atoms with E-state index in [2.05, 4.69) is 20.8 Å². The van der Waals surface area contributed by atoms with Gasteiger partial charge in [-0.3, -0.25) is 0 Å². The van der Waals surface area contributed by atoms with E-state index < -0.39 is 0 Å². The third-order valence-corrected chi connectivity index (χ3v) is 3.77. The van der Waals surface area contributed by atoms with Gasteiger partial charge in [0, 0.05) is 25.1 Å². The van der Waals surface area contributed by atoms with Gasteiger partial charge in [-0.25, -0.2) is 0 Å². The van der Waals surface area contributed by atoms with Gasteiger partial charge in [0.05, 0.1) is 0 Å². The first-order valence-electron chi connectivity index (χ1n) is 7.08. The van der Waals surface area contributed by atoms with Crippen LogP contribution < -0.4 is 5.73 Å². The summed E-state index contributed by atoms with van der Waals surface area (Å²) in [6, 6.07) is 8.09. The van der Waals surface area contributed by atoms with E-state index in [0.29, 0.717) is 0 Å². The molecule has 0 radical (unpaired) electrons. The van der Waals surface area contributed by atoms with Crippen LogP contribution >= 0.6 is 0 Å². The Morgan fingerprint density at radius 2 is 2.05 bits per heavy atom. The monoisotopic (exact) mass is 256 g/mol. The summed E-state index contributed by atoms with van der Waals surface area (Å²) in [6.45, 7) is 1.08. The van der Waals surface area contributed by atoms with Crippen LogP contribution in [0.15, 0.2) is 24.3 Å². The van der Waals surface area contributed by atoms with Gasteiger partial charge in [0.25, 0.3) is 0 Å². The fourth-order valence-electron chi connectivity index (χ4n) is 2.73. The smallest absolute Gasteiger partial charge is 0.133 e. The largest absolute Gasteiger partial charge is 0.399 e. The third-order valence-electron chi connectivity index (χ3n) is 3.77. The highest BCUT2D eigenvalue weighted by Gasteiger charge is 2.14. The predicted molar refractivity (Wildman–Crippen MR) is 75.8 cm³/mol. The lowest BCUT2D eigenvalue weighted by atomic mass is 10.1. The summed E-state index contributed by atoms with van der Waals surface area (Å²) in [7, 11) is 0. The van der Waals surface area contributed by atoms with Crippen LogP contribution in [-0.2, 0) is 25.8 Å². The summed E-state index contributed by atoms with van der Waals surface area (Å²) >= 11 is 0. The maximum Gasteiger partial charge on any atom is 0.133 e. The zero-order valence-electron chi connectivity index (χ0n) is 11.2. The topological polar surface area (TPSA) is 56.7 Å². The van der Waals surface area contributed by atoms with E-state index in [-0.39, 0.29) is 0 Å². The molecule has 0 bridgehead atoms. The molecule has 1 aromatic heterocycles. The molecule has 0 fully saturated rings. The minimum Gasteiger partial charge on any atom is -0.399 e. The summed E-state index contributed by atoms with van der Waals surface area (Å²) in [5.41, 5.74) is 7.91. The number of hydrogen-bond donors (Lipinski definition) is 1. The Morgan fingerprint density at radius 3 is 2.95 bits per heavy atom. The van der Waals surface area contributed by atoms with Crippen LogP contribution in [0.2, 0.25) is 0 Å². The molecule has 0 unspecified atom stereocenters. The Labute approximate surface area is 113 Å². The van der Waals surface area contributed by atoms with E-state index in [1.165, 1.54) is 30.7 Å². The molecular formula is C15H20N4. The van der Waals surface area contributed by atoms with Crippen molar-refractivity contribution in [1.29, 1.82) is 0 Å². The van der Waals surface area contributed by atoms with E-state index in [0.717, 1.165) is 37.3 Å². The molecule has 0 atom stereocenters. The van der Waals surface area contributed by atoms with Crippen LogP contribution in [0.4, 0.5) is 5.69 Å². The molecule has 0 saturated carbocycles. The van der Waals surface area contributed by atoms with Gasteiger partial charge in [-0.2, -0.15) is 0 Å². The van der Waals surface area contributed by atoms with E-state index in [1.807, 2.05) is 18.2 Å². The number of benzene rings is 1. The summed E-state index contributed by atoms with van der Waals surface area (Å²) in [5.74, 6) is 2.29. The summed E-state index contributed by atoms with van der Waals surface area (Å²) in [6.07, 6.45) is 6.78. The second kappa shape index (κ2) is 5.43. The SMILES string of the molecule is Nc1cccc(CCc2nnc3n2CCCCC3)c1. The average Bonchev–Trinajstić information content (AvgIpc) is 2.64. The molecule has 0 aliphatic carbocycles. The number of nitrogen functional groups attached to an aromatic ring is 1. The molecule has 19 heavy (non-hydrogen) atoms. The number of rotatable bonds is 3. The van der Waals surface area contributed by atoms with Crippen LogP contribution in [0.5, 0.6) is 0 Å². The molecule has 3 rings (SSSR count). The van der Waals surface area contributed by atoms with Gasteiger partial charge in [0.1, 0.15) is 11.6 Å². The van der Waals surface area contributed by atoms with Crippen molar-refractivity contribution >= 4 is 5.69 Å². The van der Waals surface area contributed by atoms with Crippen molar-refractivity contribution < 1.29 is 0 Å². The maximum atomic E-state index is 5.81. The molecule has 0 amide bonds. The highest BCUT2D eigenvalue weighted by molar-refractivity contribution is 5.40. The summed E-state index contributed by atoms with van der Waals surface area (Å²) in [5, 5.41) is 8.69. The molecule has 1 aliphatic heterocycles. The van der Waals surface area contributed by atoms with E-state index in [9.17, 15) is 0 Å². The van der Waals surface area contributed by atoms with Crippen molar-refractivity contribution in [2.45, 2.75) is 45.1 Å². The fraction of sp³-hybridized carbons (Fsp3) is 0.467. The van der Waals surface area contributed by atoms with Gasteiger partial charge in [0.2, 0.25) is 0 Å². The molecule has 2 heterocycles. The van der Waals surface area contributed by atoms with Gasteiger partial charge in [-0.1, -0.05) is 18.6 Å². The lowest BCUT2D eigenvalue weighted by molar-refractivity contribution is 0.603. The first-order valence-corrected chi connectivity index (χ1v) is 7.08. The standard InChI is InChI=1S/C15H20N4/c16-13-6-4-5-12(11-13)8-9-15-18-17-14-7-2-1-3-10-19(14)15/h4-6,11H,1-3,7-10,16H2. The predicted octanol–water partition coefficient (Wildman–Crippen LogP) is 2.37. The van der Waals surface area contributed by atoms with Crippen LogP contribution in [0, 0.1) is 0 Å². The van der Waals surface area contributed by atoms with Crippen molar-refractivity contribution in [2.75, 3.05) is 5.73 Å². The van der Waals surface area contributed by atoms with Crippen molar-refractivity contribution in [3.8, 4) is 0 Å². The Hall–Kier alpha value is -1.84. The molecule has 2 aromatic rings. The fourth-order valence-corrected chi connectivity index (χ4v) is 2.73. The molecule has 4 heteroatoms. The molecule has 1 aromatic carbocycles. The van der Waals surface area contributed by atoms with Crippen molar-refractivity contribution in [1.82, 2.24) is 14.8 Å². The number of aromatic nitrogens is 3. The van der Waals surface area contributed by atoms with Crippen molar-refractivity contribution in [2.24, 2.45) is 0 Å². The maximum absolute atomic E-state index is 5.81. The molecule has 0 spiro atoms. The normalized spacial score (nSPS) is 14.9. The van der Waals surface area contributed by atoms with Crippen LogP contribution in [0.25, 0.3) is 0 Å². The number of hydrogen-bond acceptors (Lipinski definition) is 3. The lowest BCUT2D eigenvalue weighted by Crippen LogP contribution is -2.07. The number of aryl methyl sites for hydroxylation is 3. The molecular weight excluding hydrogens is 236 g/mol. The summed E-state index contributed by atoms with van der Waals surface area (Å²) < 4.78 is 2.32. The Morgan fingerprint density at radius 1 is 1.11 bits per heavy atom. The molecule has 100 valence electrons. The number of fused-ring (bicyclic) bond motifs is 1. The van der Waals surface area contributed by atoms with Gasteiger partial charge >= 0.3 is 0 Å². The quantitative estimate of drug-likeness (QED) is 0.858. The second-order valence-corrected chi connectivity index (χ2v) is 5.24. The van der Waals surface area contributed by atoms with E-state index in [1.54, 1.807) is 0 Å². The first-order chi connectivity index (χ1) is 9.33. The molecule has 2 N–H and O–H groups in total. The summed E-state index contributed by atoms with van der Waals surface area (Å²) in [4.78, 5) is 0. The Bertz CT molecular complexity index is 559. The average molecular weight is 256 g/mol. The van der Waals surface area contributed by atoms with Gasteiger partial charge in [0.15, 0.2) is 0 Å². The minimum atomic E-state index is 0.831. The van der Waals surface area contributed by atoms with Crippen molar-refractivity contribution in [3.63, 3.8) is 0 Å². The van der Waals surface area contributed by atoms with Crippen molar-refractivity contribution in [3.05, 3.63) is 41.5 Å². The minimum absolute atomic E-state index is 0.831. The Balaban J connectivity index is 1.72. The number of anilines is 1. The van der Waals surface area contributed by atoms with Gasteiger partial charge in [-0.15, -0.1) is 10.2 Å². The van der Waals surface area contributed by atoms with Crippen LogP contribution in [-0.4, -0.2) is 14.8 Å². The Kier molecular flexibility index (Phi) is 3.49. The molecule has 0 saturated heterocycles. The zero-order valence-corrected chi connectivity index (χ0v) is 11.2. The lowest BCUT2D eigenvalue weighted by Gasteiger charge is -2.07.